The van der Waals surface area contributed by atoms with Gasteiger partial charge in [0.1, 0.15) is 21.8 Å². The zero-order valence-corrected chi connectivity index (χ0v) is 15.1. The van der Waals surface area contributed by atoms with E-state index >= 15 is 0 Å². The van der Waals surface area contributed by atoms with Gasteiger partial charge in [0.25, 0.3) is 0 Å². The van der Waals surface area contributed by atoms with Crippen molar-refractivity contribution in [2.75, 3.05) is 13.2 Å². The van der Waals surface area contributed by atoms with Gasteiger partial charge in [0.05, 0.1) is 13.2 Å². The number of hydrogen-bond acceptors (Lipinski definition) is 4. The van der Waals surface area contributed by atoms with E-state index in [4.69, 9.17) is 9.47 Å². The van der Waals surface area contributed by atoms with Gasteiger partial charge in [-0.3, -0.25) is 0 Å². The average Bonchev–Trinajstić information content (AvgIpc) is 2.52. The first-order chi connectivity index (χ1) is 11.4. The summed E-state index contributed by atoms with van der Waals surface area (Å²) in [6.07, 6.45) is 0. The third-order valence-corrected chi connectivity index (χ3v) is 5.62. The fourth-order valence-electron chi connectivity index (χ4n) is 2.39. The third-order valence-electron chi connectivity index (χ3n) is 3.93. The lowest BCUT2D eigenvalue weighted by atomic mass is 9.89. The largest absolute Gasteiger partial charge is 0.598 e. The summed E-state index contributed by atoms with van der Waals surface area (Å²) in [7, 11) is 0. The highest BCUT2D eigenvalue weighted by Crippen LogP contribution is 2.34. The van der Waals surface area contributed by atoms with Crippen molar-refractivity contribution in [2.24, 2.45) is 0 Å². The third kappa shape index (κ3) is 3.75. The number of rotatable bonds is 5. The molecular weight excluding hydrogens is 322 g/mol. The summed E-state index contributed by atoms with van der Waals surface area (Å²) < 4.78 is 26.6. The summed E-state index contributed by atoms with van der Waals surface area (Å²) in [4.78, 5) is 0. The molecule has 1 heterocycles. The molecule has 5 heteroatoms. The van der Waals surface area contributed by atoms with Crippen LogP contribution in [0.2, 0.25) is 0 Å². The van der Waals surface area contributed by atoms with Crippen molar-refractivity contribution < 1.29 is 14.0 Å². The van der Waals surface area contributed by atoms with Crippen molar-refractivity contribution >= 4 is 11.4 Å². The molecule has 2 aromatic rings. The number of hydrogen-bond donors (Lipinski definition) is 1. The highest BCUT2D eigenvalue weighted by Gasteiger charge is 2.46. The van der Waals surface area contributed by atoms with Crippen molar-refractivity contribution in [2.45, 2.75) is 31.1 Å². The van der Waals surface area contributed by atoms with Gasteiger partial charge in [0.2, 0.25) is 0 Å². The summed E-state index contributed by atoms with van der Waals surface area (Å²) in [6.45, 7) is 6.92. The van der Waals surface area contributed by atoms with Crippen molar-refractivity contribution in [3.8, 4) is 11.5 Å². The average molecular weight is 345 g/mol. The van der Waals surface area contributed by atoms with Crippen molar-refractivity contribution in [3.05, 3.63) is 60.2 Å². The normalized spacial score (nSPS) is 17.8. The molecule has 3 rings (SSSR count). The highest BCUT2D eigenvalue weighted by molar-refractivity contribution is 7.90. The Bertz CT molecular complexity index is 663. The van der Waals surface area contributed by atoms with Crippen LogP contribution < -0.4 is 9.46 Å². The van der Waals surface area contributed by atoms with E-state index < -0.39 is 11.4 Å². The lowest BCUT2D eigenvalue weighted by Gasteiger charge is -2.43. The van der Waals surface area contributed by atoms with Gasteiger partial charge in [-0.1, -0.05) is 30.3 Å². The van der Waals surface area contributed by atoms with E-state index in [2.05, 4.69) is 4.72 Å². The second kappa shape index (κ2) is 6.76. The molecule has 1 aliphatic heterocycles. The Morgan fingerprint density at radius 3 is 2.08 bits per heavy atom. The molecular formula is C19H23NO3S. The molecule has 0 saturated carbocycles. The van der Waals surface area contributed by atoms with Crippen LogP contribution in [-0.2, 0) is 21.6 Å². The Balaban J connectivity index is 1.74. The molecule has 24 heavy (non-hydrogen) atoms. The van der Waals surface area contributed by atoms with Crippen LogP contribution >= 0.6 is 0 Å². The summed E-state index contributed by atoms with van der Waals surface area (Å²) in [5.41, 5.74) is 0.676. The SMILES string of the molecule is CC(C)(C)[S@@+]([O-])NC1(c2ccc(Oc3ccccc3)cc2)COC1. The topological polar surface area (TPSA) is 53.5 Å². The Labute approximate surface area is 146 Å². The Morgan fingerprint density at radius 1 is 1.00 bits per heavy atom. The molecule has 0 bridgehead atoms. The predicted octanol–water partition coefficient (Wildman–Crippen LogP) is 3.76. The van der Waals surface area contributed by atoms with Crippen LogP contribution in [0.5, 0.6) is 11.5 Å². The quantitative estimate of drug-likeness (QED) is 0.839. The second-order valence-corrected chi connectivity index (χ2v) is 8.96. The molecule has 1 atom stereocenters. The van der Waals surface area contributed by atoms with Crippen LogP contribution in [0.1, 0.15) is 26.3 Å². The minimum absolute atomic E-state index is 0.320. The highest BCUT2D eigenvalue weighted by atomic mass is 32.2. The standard InChI is InChI=1S/C19H23NO3S/c1-18(2,3)24(21)20-19(13-22-14-19)15-9-11-17(12-10-15)23-16-7-5-4-6-8-16/h4-12,20H,13-14H2,1-3H3/t24-/m1/s1. The summed E-state index contributed by atoms with van der Waals surface area (Å²) in [5, 5.41) is 0. The van der Waals surface area contributed by atoms with E-state index in [0.717, 1.165) is 17.1 Å². The predicted molar refractivity (Wildman–Crippen MR) is 96.5 cm³/mol. The molecule has 0 unspecified atom stereocenters. The molecule has 0 aromatic heterocycles. The maximum absolute atomic E-state index is 12.5. The summed E-state index contributed by atoms with van der Waals surface area (Å²) in [5.74, 6) is 1.58. The molecule has 4 nitrogen and oxygen atoms in total. The first kappa shape index (κ1) is 17.3. The zero-order valence-electron chi connectivity index (χ0n) is 14.2. The molecule has 0 amide bonds. The maximum atomic E-state index is 12.5. The summed E-state index contributed by atoms with van der Waals surface area (Å²) in [6, 6.07) is 17.6. The van der Waals surface area contributed by atoms with Gasteiger partial charge < -0.3 is 14.0 Å². The maximum Gasteiger partial charge on any atom is 0.136 e. The summed E-state index contributed by atoms with van der Waals surface area (Å²) >= 11 is -1.15. The van der Waals surface area contributed by atoms with Crippen molar-refractivity contribution in [1.82, 2.24) is 4.72 Å². The fourth-order valence-corrected chi connectivity index (χ4v) is 3.28. The van der Waals surface area contributed by atoms with Crippen LogP contribution in [0, 0.1) is 0 Å². The van der Waals surface area contributed by atoms with Crippen LogP contribution in [0.4, 0.5) is 0 Å². The molecule has 128 valence electrons. The number of benzene rings is 2. The van der Waals surface area contributed by atoms with Crippen LogP contribution in [-0.4, -0.2) is 22.5 Å². The minimum atomic E-state index is -1.15. The van der Waals surface area contributed by atoms with Crippen LogP contribution in [0.15, 0.2) is 54.6 Å². The van der Waals surface area contributed by atoms with E-state index in [9.17, 15) is 4.55 Å². The first-order valence-electron chi connectivity index (χ1n) is 8.00. The molecule has 0 aliphatic carbocycles. The van der Waals surface area contributed by atoms with E-state index in [-0.39, 0.29) is 10.3 Å². The number of nitrogens with one attached hydrogen (secondary N) is 1. The van der Waals surface area contributed by atoms with Gasteiger partial charge in [-0.05, 0) is 50.6 Å². The Hall–Kier alpha value is -1.53. The van der Waals surface area contributed by atoms with E-state index in [1.165, 1.54) is 0 Å². The molecule has 1 aliphatic rings. The molecule has 1 saturated heterocycles. The molecule has 0 spiro atoms. The second-order valence-electron chi connectivity index (χ2n) is 7.00. The number of para-hydroxylation sites is 1. The molecule has 0 radical (unpaired) electrons. The Kier molecular flexibility index (Phi) is 4.88. The van der Waals surface area contributed by atoms with Crippen LogP contribution in [0.3, 0.4) is 0 Å². The van der Waals surface area contributed by atoms with Gasteiger partial charge >= 0.3 is 0 Å². The Morgan fingerprint density at radius 2 is 1.58 bits per heavy atom. The lowest BCUT2D eigenvalue weighted by Crippen LogP contribution is -2.61. The van der Waals surface area contributed by atoms with Gasteiger partial charge in [0, 0.05) is 11.4 Å². The van der Waals surface area contributed by atoms with Crippen molar-refractivity contribution in [1.29, 1.82) is 0 Å². The van der Waals surface area contributed by atoms with Gasteiger partial charge in [-0.2, -0.15) is 0 Å². The monoisotopic (exact) mass is 345 g/mol. The minimum Gasteiger partial charge on any atom is -0.598 e. The van der Waals surface area contributed by atoms with E-state index in [0.29, 0.717) is 13.2 Å². The molecule has 1 fully saturated rings. The van der Waals surface area contributed by atoms with Gasteiger partial charge in [-0.15, -0.1) is 4.72 Å². The van der Waals surface area contributed by atoms with Crippen LogP contribution in [0.25, 0.3) is 0 Å². The van der Waals surface area contributed by atoms with Gasteiger partial charge in [0.15, 0.2) is 0 Å². The molecule has 1 N–H and O–H groups in total. The molecule has 2 aromatic carbocycles. The first-order valence-corrected chi connectivity index (χ1v) is 9.15. The van der Waals surface area contributed by atoms with Gasteiger partial charge in [-0.25, -0.2) is 0 Å². The zero-order chi connectivity index (χ0) is 17.2. The fraction of sp³-hybridized carbons (Fsp3) is 0.368. The lowest BCUT2D eigenvalue weighted by molar-refractivity contribution is -0.0666. The van der Waals surface area contributed by atoms with E-state index in [1.807, 2.05) is 75.4 Å². The number of ether oxygens (including phenoxy) is 2. The van der Waals surface area contributed by atoms with Crippen molar-refractivity contribution in [3.63, 3.8) is 0 Å². The van der Waals surface area contributed by atoms with E-state index in [1.54, 1.807) is 0 Å². The smallest absolute Gasteiger partial charge is 0.136 e.